The van der Waals surface area contributed by atoms with Gasteiger partial charge in [-0.05, 0) is 17.7 Å². The number of nitrogens with one attached hydrogen (secondary N) is 1. The van der Waals surface area contributed by atoms with Crippen LogP contribution in [0.25, 0.3) is 0 Å². The van der Waals surface area contributed by atoms with Gasteiger partial charge in [0.15, 0.2) is 0 Å². The fraction of sp³-hybridized carbons (Fsp3) is 0.286. The summed E-state index contributed by atoms with van der Waals surface area (Å²) in [5.74, 6) is -1.18. The number of benzene rings is 2. The highest BCUT2D eigenvalue weighted by molar-refractivity contribution is 6.39. The van der Waals surface area contributed by atoms with E-state index in [9.17, 15) is 14.4 Å². The Balaban J connectivity index is 1.56. The number of carbonyl (C=O) groups excluding carboxylic acids is 3. The molecule has 152 valence electrons. The second kappa shape index (κ2) is 9.29. The van der Waals surface area contributed by atoms with Crippen LogP contribution in [0.1, 0.15) is 12.0 Å². The van der Waals surface area contributed by atoms with Crippen molar-refractivity contribution in [3.63, 3.8) is 0 Å². The smallest absolute Gasteiger partial charge is 0.244 e. The molecule has 0 saturated carbocycles. The van der Waals surface area contributed by atoms with Crippen molar-refractivity contribution in [1.29, 1.82) is 0 Å². The number of carbonyl (C=O) groups is 3. The molecule has 3 amide bonds. The van der Waals surface area contributed by atoms with Crippen LogP contribution >= 0.6 is 23.2 Å². The van der Waals surface area contributed by atoms with Crippen molar-refractivity contribution < 1.29 is 14.4 Å². The van der Waals surface area contributed by atoms with Crippen LogP contribution in [0.3, 0.4) is 0 Å². The van der Waals surface area contributed by atoms with E-state index in [1.165, 1.54) is 4.90 Å². The van der Waals surface area contributed by atoms with Crippen molar-refractivity contribution in [2.24, 2.45) is 5.92 Å². The number of likely N-dealkylation sites (N-methyl/N-ethyl adjacent to an activating group) is 1. The third kappa shape index (κ3) is 5.28. The Bertz CT molecular complexity index is 900. The first-order chi connectivity index (χ1) is 13.8. The van der Waals surface area contributed by atoms with Crippen LogP contribution in [-0.2, 0) is 20.9 Å². The van der Waals surface area contributed by atoms with Crippen molar-refractivity contribution in [1.82, 2.24) is 9.80 Å². The Morgan fingerprint density at radius 2 is 1.76 bits per heavy atom. The highest BCUT2D eigenvalue weighted by Crippen LogP contribution is 2.29. The lowest BCUT2D eigenvalue weighted by atomic mass is 10.1. The van der Waals surface area contributed by atoms with Crippen molar-refractivity contribution in [3.8, 4) is 0 Å². The minimum absolute atomic E-state index is 0.0621. The first kappa shape index (κ1) is 21.1. The molecule has 1 heterocycles. The predicted molar refractivity (Wildman–Crippen MR) is 113 cm³/mol. The lowest BCUT2D eigenvalue weighted by Gasteiger charge is -2.21. The van der Waals surface area contributed by atoms with Gasteiger partial charge >= 0.3 is 0 Å². The lowest BCUT2D eigenvalue weighted by molar-refractivity contribution is -0.137. The van der Waals surface area contributed by atoms with E-state index in [1.54, 1.807) is 30.1 Å². The molecule has 1 atom stereocenters. The molecule has 2 aromatic carbocycles. The molecule has 0 bridgehead atoms. The van der Waals surface area contributed by atoms with Crippen LogP contribution in [0.4, 0.5) is 5.69 Å². The first-order valence-electron chi connectivity index (χ1n) is 9.15. The quantitative estimate of drug-likeness (QED) is 0.758. The van der Waals surface area contributed by atoms with E-state index in [1.807, 2.05) is 30.3 Å². The zero-order valence-corrected chi connectivity index (χ0v) is 17.4. The summed E-state index contributed by atoms with van der Waals surface area (Å²) in [4.78, 5) is 40.3. The van der Waals surface area contributed by atoms with Crippen LogP contribution in [0.5, 0.6) is 0 Å². The van der Waals surface area contributed by atoms with Crippen molar-refractivity contribution in [2.45, 2.75) is 13.0 Å². The zero-order chi connectivity index (χ0) is 21.0. The molecule has 0 aliphatic carbocycles. The normalized spacial score (nSPS) is 16.0. The molecule has 1 N–H and O–H groups in total. The van der Waals surface area contributed by atoms with Gasteiger partial charge in [-0.25, -0.2) is 0 Å². The van der Waals surface area contributed by atoms with Gasteiger partial charge in [-0.3, -0.25) is 14.4 Å². The standard InChI is InChI=1S/C21H21Cl2N3O3/c1-25(13-18(27)24-20-16(22)8-5-9-17(20)23)21(29)15-10-19(28)26(12-15)11-14-6-3-2-4-7-14/h2-9,15H,10-13H2,1H3,(H,24,27). The number of hydrogen-bond donors (Lipinski definition) is 1. The Labute approximate surface area is 179 Å². The van der Waals surface area contributed by atoms with Gasteiger partial charge < -0.3 is 15.1 Å². The molecule has 29 heavy (non-hydrogen) atoms. The maximum Gasteiger partial charge on any atom is 0.244 e. The molecule has 2 aromatic rings. The van der Waals surface area contributed by atoms with Gasteiger partial charge in [0.1, 0.15) is 0 Å². The Hall–Kier alpha value is -2.57. The molecule has 0 spiro atoms. The molecule has 0 aromatic heterocycles. The maximum absolute atomic E-state index is 12.7. The number of likely N-dealkylation sites (tertiary alicyclic amines) is 1. The summed E-state index contributed by atoms with van der Waals surface area (Å²) < 4.78 is 0. The van der Waals surface area contributed by atoms with Crippen LogP contribution in [0.2, 0.25) is 10.0 Å². The zero-order valence-electron chi connectivity index (χ0n) is 15.9. The van der Waals surface area contributed by atoms with Gasteiger partial charge in [0.2, 0.25) is 17.7 Å². The van der Waals surface area contributed by atoms with Gasteiger partial charge in [0.05, 0.1) is 28.2 Å². The summed E-state index contributed by atoms with van der Waals surface area (Å²) in [6.45, 7) is 0.650. The van der Waals surface area contributed by atoms with E-state index >= 15 is 0 Å². The molecule has 1 saturated heterocycles. The molecule has 1 aliphatic heterocycles. The first-order valence-corrected chi connectivity index (χ1v) is 9.91. The Kier molecular flexibility index (Phi) is 6.77. The SMILES string of the molecule is CN(CC(=O)Nc1c(Cl)cccc1Cl)C(=O)C1CC(=O)N(Cc2ccccc2)C1. The van der Waals surface area contributed by atoms with Gasteiger partial charge in [-0.2, -0.15) is 0 Å². The van der Waals surface area contributed by atoms with Crippen LogP contribution in [0.15, 0.2) is 48.5 Å². The largest absolute Gasteiger partial charge is 0.338 e. The third-order valence-electron chi connectivity index (χ3n) is 4.76. The second-order valence-corrected chi connectivity index (χ2v) is 7.81. The molecular formula is C21H21Cl2N3O3. The van der Waals surface area contributed by atoms with Crippen LogP contribution in [0, 0.1) is 5.92 Å². The summed E-state index contributed by atoms with van der Waals surface area (Å²) in [6.07, 6.45) is 0.147. The summed E-state index contributed by atoms with van der Waals surface area (Å²) in [7, 11) is 1.54. The Morgan fingerprint density at radius 1 is 1.10 bits per heavy atom. The fourth-order valence-corrected chi connectivity index (χ4v) is 3.79. The predicted octanol–water partition coefficient (Wildman–Crippen LogP) is 3.44. The number of halogens is 2. The highest BCUT2D eigenvalue weighted by Gasteiger charge is 2.36. The molecule has 0 radical (unpaired) electrons. The number of rotatable bonds is 6. The number of hydrogen-bond acceptors (Lipinski definition) is 3. The molecular weight excluding hydrogens is 413 g/mol. The summed E-state index contributed by atoms with van der Waals surface area (Å²) in [5, 5.41) is 3.27. The lowest BCUT2D eigenvalue weighted by Crippen LogP contribution is -2.39. The van der Waals surface area contributed by atoms with E-state index in [-0.39, 0.29) is 24.8 Å². The summed E-state index contributed by atoms with van der Waals surface area (Å²) >= 11 is 12.1. The molecule has 1 unspecified atom stereocenters. The second-order valence-electron chi connectivity index (χ2n) is 7.00. The highest BCUT2D eigenvalue weighted by atomic mass is 35.5. The van der Waals surface area contributed by atoms with Crippen molar-refractivity contribution in [3.05, 3.63) is 64.1 Å². The van der Waals surface area contributed by atoms with Crippen LogP contribution in [-0.4, -0.2) is 47.7 Å². The van der Waals surface area contributed by atoms with Gasteiger partial charge in [-0.1, -0.05) is 59.6 Å². The minimum atomic E-state index is -0.465. The fourth-order valence-electron chi connectivity index (χ4n) is 3.30. The van der Waals surface area contributed by atoms with E-state index in [4.69, 9.17) is 23.2 Å². The molecule has 1 fully saturated rings. The van der Waals surface area contributed by atoms with Crippen molar-refractivity contribution >= 4 is 46.6 Å². The topological polar surface area (TPSA) is 69.7 Å². The molecule has 3 rings (SSSR count). The average molecular weight is 434 g/mol. The molecule has 6 nitrogen and oxygen atoms in total. The molecule has 1 aliphatic rings. The van der Waals surface area contributed by atoms with Gasteiger partial charge in [-0.15, -0.1) is 0 Å². The molecule has 8 heteroatoms. The van der Waals surface area contributed by atoms with Crippen molar-refractivity contribution in [2.75, 3.05) is 25.5 Å². The van der Waals surface area contributed by atoms with Gasteiger partial charge in [0.25, 0.3) is 0 Å². The number of anilines is 1. The average Bonchev–Trinajstić information content (AvgIpc) is 3.05. The summed E-state index contributed by atoms with van der Waals surface area (Å²) in [5.41, 5.74) is 1.32. The monoisotopic (exact) mass is 433 g/mol. The van der Waals surface area contributed by atoms with E-state index < -0.39 is 11.8 Å². The summed E-state index contributed by atoms with van der Waals surface area (Å²) in [6, 6.07) is 14.5. The van der Waals surface area contributed by atoms with E-state index in [0.29, 0.717) is 28.8 Å². The Morgan fingerprint density at radius 3 is 2.41 bits per heavy atom. The van der Waals surface area contributed by atoms with Gasteiger partial charge in [0, 0.05) is 26.6 Å². The number of para-hydroxylation sites is 1. The number of nitrogens with zero attached hydrogens (tertiary/aromatic N) is 2. The minimum Gasteiger partial charge on any atom is -0.338 e. The number of amides is 3. The van der Waals surface area contributed by atoms with E-state index in [0.717, 1.165) is 5.56 Å². The van der Waals surface area contributed by atoms with E-state index in [2.05, 4.69) is 5.32 Å². The third-order valence-corrected chi connectivity index (χ3v) is 5.39. The van der Waals surface area contributed by atoms with Crippen LogP contribution < -0.4 is 5.32 Å². The maximum atomic E-state index is 12.7.